The monoisotopic (exact) mass is 347 g/mol. The SMILES string of the molecule is Cc1nn(Cc2ccccc2Cl)c(C)c1CN1CCC(C(C)O)C1. The number of hydrogen-bond donors (Lipinski definition) is 1. The van der Waals surface area contributed by atoms with Crippen molar-refractivity contribution in [2.24, 2.45) is 5.92 Å². The number of hydrogen-bond acceptors (Lipinski definition) is 3. The van der Waals surface area contributed by atoms with Crippen molar-refractivity contribution in [2.45, 2.75) is 46.4 Å². The lowest BCUT2D eigenvalue weighted by atomic mass is 10.0. The third-order valence-electron chi connectivity index (χ3n) is 5.18. The lowest BCUT2D eigenvalue weighted by Crippen LogP contribution is -2.24. The largest absolute Gasteiger partial charge is 0.393 e. The number of aliphatic hydroxyl groups excluding tert-OH is 1. The molecule has 3 rings (SSSR count). The Labute approximate surface area is 149 Å². The maximum absolute atomic E-state index is 9.78. The van der Waals surface area contributed by atoms with Crippen LogP contribution in [-0.2, 0) is 13.1 Å². The number of aliphatic hydroxyl groups is 1. The molecule has 0 aliphatic carbocycles. The summed E-state index contributed by atoms with van der Waals surface area (Å²) in [6, 6.07) is 7.93. The highest BCUT2D eigenvalue weighted by molar-refractivity contribution is 6.31. The second kappa shape index (κ2) is 7.26. The van der Waals surface area contributed by atoms with Gasteiger partial charge in [-0.05, 0) is 51.3 Å². The Kier molecular flexibility index (Phi) is 5.28. The van der Waals surface area contributed by atoms with Crippen LogP contribution in [0, 0.1) is 19.8 Å². The predicted molar refractivity (Wildman–Crippen MR) is 97.3 cm³/mol. The van der Waals surface area contributed by atoms with E-state index >= 15 is 0 Å². The first kappa shape index (κ1) is 17.5. The number of aromatic nitrogens is 2. The summed E-state index contributed by atoms with van der Waals surface area (Å²) in [5, 5.41) is 15.3. The molecule has 0 spiro atoms. The highest BCUT2D eigenvalue weighted by Gasteiger charge is 2.27. The summed E-state index contributed by atoms with van der Waals surface area (Å²) in [6.45, 7) is 9.72. The molecule has 4 nitrogen and oxygen atoms in total. The summed E-state index contributed by atoms with van der Waals surface area (Å²) in [5.74, 6) is 0.392. The van der Waals surface area contributed by atoms with Crippen molar-refractivity contribution in [3.05, 3.63) is 51.8 Å². The molecule has 130 valence electrons. The molecule has 1 N–H and O–H groups in total. The van der Waals surface area contributed by atoms with Crippen LogP contribution < -0.4 is 0 Å². The van der Waals surface area contributed by atoms with E-state index < -0.39 is 0 Å². The molecule has 1 saturated heterocycles. The molecule has 1 aliphatic heterocycles. The van der Waals surface area contributed by atoms with Gasteiger partial charge in [0.05, 0.1) is 18.3 Å². The van der Waals surface area contributed by atoms with Crippen LogP contribution in [0.5, 0.6) is 0 Å². The van der Waals surface area contributed by atoms with Crippen molar-refractivity contribution < 1.29 is 5.11 Å². The maximum Gasteiger partial charge on any atom is 0.0677 e. The summed E-state index contributed by atoms with van der Waals surface area (Å²) in [5.41, 5.74) is 4.67. The van der Waals surface area contributed by atoms with E-state index in [4.69, 9.17) is 16.7 Å². The summed E-state index contributed by atoms with van der Waals surface area (Å²) in [6.07, 6.45) is 0.851. The summed E-state index contributed by atoms with van der Waals surface area (Å²) < 4.78 is 2.05. The van der Waals surface area contributed by atoms with Crippen LogP contribution in [0.1, 0.15) is 35.9 Å². The van der Waals surface area contributed by atoms with Crippen molar-refractivity contribution in [3.8, 4) is 0 Å². The summed E-state index contributed by atoms with van der Waals surface area (Å²) in [4.78, 5) is 2.42. The van der Waals surface area contributed by atoms with E-state index in [9.17, 15) is 5.11 Å². The Morgan fingerprint density at radius 1 is 1.29 bits per heavy atom. The van der Waals surface area contributed by atoms with Crippen LogP contribution in [0.3, 0.4) is 0 Å². The first-order valence-electron chi connectivity index (χ1n) is 8.62. The van der Waals surface area contributed by atoms with Gasteiger partial charge in [-0.25, -0.2) is 0 Å². The fourth-order valence-corrected chi connectivity index (χ4v) is 3.72. The van der Waals surface area contributed by atoms with Crippen LogP contribution in [-0.4, -0.2) is 39.0 Å². The molecule has 0 saturated carbocycles. The second-order valence-electron chi connectivity index (χ2n) is 6.92. The standard InChI is InChI=1S/C19H26ClN3O/c1-13-18(12-22-9-8-16(10-22)15(3)24)14(2)23(21-13)11-17-6-4-5-7-19(17)20/h4-7,15-16,24H,8-12H2,1-3H3. The van der Waals surface area contributed by atoms with Crippen LogP contribution >= 0.6 is 11.6 Å². The normalized spacial score (nSPS) is 19.8. The Morgan fingerprint density at radius 2 is 2.04 bits per heavy atom. The molecule has 1 fully saturated rings. The predicted octanol–water partition coefficient (Wildman–Crippen LogP) is 3.40. The molecule has 2 atom stereocenters. The lowest BCUT2D eigenvalue weighted by Gasteiger charge is -2.17. The van der Waals surface area contributed by atoms with E-state index in [-0.39, 0.29) is 6.10 Å². The van der Waals surface area contributed by atoms with E-state index in [1.807, 2.05) is 35.9 Å². The average molecular weight is 348 g/mol. The first-order valence-corrected chi connectivity index (χ1v) is 9.00. The minimum Gasteiger partial charge on any atom is -0.393 e. The molecule has 0 amide bonds. The topological polar surface area (TPSA) is 41.3 Å². The zero-order valence-electron chi connectivity index (χ0n) is 14.7. The van der Waals surface area contributed by atoms with Gasteiger partial charge < -0.3 is 5.11 Å². The number of benzene rings is 1. The quantitative estimate of drug-likeness (QED) is 0.901. The number of halogens is 1. The summed E-state index contributed by atoms with van der Waals surface area (Å²) >= 11 is 6.28. The molecule has 5 heteroatoms. The van der Waals surface area contributed by atoms with Crippen molar-refractivity contribution in [1.82, 2.24) is 14.7 Å². The molecule has 1 aliphatic rings. The van der Waals surface area contributed by atoms with Crippen LogP contribution in [0.25, 0.3) is 0 Å². The van der Waals surface area contributed by atoms with Gasteiger partial charge in [0.15, 0.2) is 0 Å². The van der Waals surface area contributed by atoms with Gasteiger partial charge in [-0.2, -0.15) is 5.10 Å². The van der Waals surface area contributed by atoms with Crippen molar-refractivity contribution in [1.29, 1.82) is 0 Å². The molecule has 24 heavy (non-hydrogen) atoms. The smallest absolute Gasteiger partial charge is 0.0677 e. The molecule has 2 heterocycles. The van der Waals surface area contributed by atoms with Crippen molar-refractivity contribution in [2.75, 3.05) is 13.1 Å². The van der Waals surface area contributed by atoms with Crippen LogP contribution in [0.2, 0.25) is 5.02 Å². The van der Waals surface area contributed by atoms with Gasteiger partial charge in [-0.1, -0.05) is 29.8 Å². The zero-order valence-corrected chi connectivity index (χ0v) is 15.4. The molecule has 0 radical (unpaired) electrons. The van der Waals surface area contributed by atoms with Gasteiger partial charge in [0.2, 0.25) is 0 Å². The number of aryl methyl sites for hydroxylation is 1. The Hall–Kier alpha value is -1.36. The van der Waals surface area contributed by atoms with Crippen LogP contribution in [0.4, 0.5) is 0 Å². The van der Waals surface area contributed by atoms with Gasteiger partial charge in [0, 0.05) is 29.4 Å². The van der Waals surface area contributed by atoms with E-state index in [0.717, 1.165) is 42.3 Å². The number of nitrogens with zero attached hydrogens (tertiary/aromatic N) is 3. The highest BCUT2D eigenvalue weighted by Crippen LogP contribution is 2.25. The third-order valence-corrected chi connectivity index (χ3v) is 5.55. The van der Waals surface area contributed by atoms with E-state index in [2.05, 4.69) is 18.7 Å². The number of rotatable bonds is 5. The molecule has 2 unspecified atom stereocenters. The number of likely N-dealkylation sites (tertiary alicyclic amines) is 1. The summed E-state index contributed by atoms with van der Waals surface area (Å²) in [7, 11) is 0. The second-order valence-corrected chi connectivity index (χ2v) is 7.33. The maximum atomic E-state index is 9.78. The minimum absolute atomic E-state index is 0.222. The highest BCUT2D eigenvalue weighted by atomic mass is 35.5. The fourth-order valence-electron chi connectivity index (χ4n) is 3.53. The average Bonchev–Trinajstić information content (AvgIpc) is 3.11. The Morgan fingerprint density at radius 3 is 2.71 bits per heavy atom. The Balaban J connectivity index is 1.74. The molecule has 1 aromatic carbocycles. The van der Waals surface area contributed by atoms with Crippen LogP contribution in [0.15, 0.2) is 24.3 Å². The van der Waals surface area contributed by atoms with E-state index in [0.29, 0.717) is 12.5 Å². The Bertz CT molecular complexity index is 711. The lowest BCUT2D eigenvalue weighted by molar-refractivity contribution is 0.127. The van der Waals surface area contributed by atoms with Gasteiger partial charge in [-0.15, -0.1) is 0 Å². The zero-order chi connectivity index (χ0) is 17.3. The minimum atomic E-state index is -0.222. The molecule has 0 bridgehead atoms. The van der Waals surface area contributed by atoms with Gasteiger partial charge in [0.25, 0.3) is 0 Å². The molecule has 2 aromatic rings. The molecule has 1 aromatic heterocycles. The van der Waals surface area contributed by atoms with Gasteiger partial charge >= 0.3 is 0 Å². The van der Waals surface area contributed by atoms with E-state index in [1.54, 1.807) is 0 Å². The molecular formula is C19H26ClN3O. The fraction of sp³-hybridized carbons (Fsp3) is 0.526. The first-order chi connectivity index (χ1) is 11.5. The van der Waals surface area contributed by atoms with E-state index in [1.165, 1.54) is 11.3 Å². The third kappa shape index (κ3) is 3.66. The molecular weight excluding hydrogens is 322 g/mol. The van der Waals surface area contributed by atoms with Gasteiger partial charge in [-0.3, -0.25) is 9.58 Å². The van der Waals surface area contributed by atoms with Crippen molar-refractivity contribution >= 4 is 11.6 Å². The van der Waals surface area contributed by atoms with Gasteiger partial charge in [0.1, 0.15) is 0 Å². The van der Waals surface area contributed by atoms with Crippen molar-refractivity contribution in [3.63, 3.8) is 0 Å².